The monoisotopic (exact) mass is 938 g/mol. The highest BCUT2D eigenvalue weighted by atomic mass is 16.2. The molecule has 0 saturated carbocycles. The van der Waals surface area contributed by atoms with Gasteiger partial charge < -0.3 is 20.4 Å². The van der Waals surface area contributed by atoms with Gasteiger partial charge in [0.2, 0.25) is 11.9 Å². The number of rotatable bonds is 12. The van der Waals surface area contributed by atoms with Crippen molar-refractivity contribution in [3.05, 3.63) is 184 Å². The Morgan fingerprint density at radius 1 is 0.571 bits per heavy atom. The third-order valence-corrected chi connectivity index (χ3v) is 12.8. The lowest BCUT2D eigenvalue weighted by atomic mass is 9.97. The van der Waals surface area contributed by atoms with Crippen molar-refractivity contribution < 1.29 is 0 Å². The van der Waals surface area contributed by atoms with E-state index in [0.29, 0.717) is 64.9 Å². The Labute approximate surface area is 402 Å². The Morgan fingerprint density at radius 2 is 1.09 bits per heavy atom. The van der Waals surface area contributed by atoms with E-state index in [-0.39, 0.29) is 12.6 Å². The molecule has 6 heterocycles. The van der Waals surface area contributed by atoms with Crippen LogP contribution in [0.25, 0.3) is 22.3 Å². The molecule has 2 fully saturated rings. The van der Waals surface area contributed by atoms with Gasteiger partial charge in [-0.05, 0) is 53.8 Å². The van der Waals surface area contributed by atoms with E-state index in [1.807, 2.05) is 112 Å². The number of benzene rings is 4. The molecule has 70 heavy (non-hydrogen) atoms. The van der Waals surface area contributed by atoms with E-state index in [1.54, 1.807) is 10.6 Å². The zero-order chi connectivity index (χ0) is 48.6. The van der Waals surface area contributed by atoms with Crippen molar-refractivity contribution >= 4 is 34.2 Å². The first-order valence-corrected chi connectivity index (χ1v) is 23.7. The van der Waals surface area contributed by atoms with E-state index in [2.05, 4.69) is 49.5 Å². The van der Waals surface area contributed by atoms with Crippen LogP contribution in [-0.4, -0.2) is 90.6 Å². The average Bonchev–Trinajstić information content (AvgIpc) is 3.85. The number of imidazole rings is 2. The number of anilines is 2. The highest BCUT2D eigenvalue weighted by molar-refractivity contribution is 5.76. The van der Waals surface area contributed by atoms with Crippen LogP contribution in [0.4, 0.5) is 11.9 Å². The van der Waals surface area contributed by atoms with Gasteiger partial charge in [-0.25, -0.2) is 9.59 Å². The van der Waals surface area contributed by atoms with Crippen molar-refractivity contribution in [1.29, 1.82) is 10.5 Å². The summed E-state index contributed by atoms with van der Waals surface area (Å²) >= 11 is 0. The molecule has 0 bridgehead atoms. The molecule has 4 N–H and O–H groups in total. The van der Waals surface area contributed by atoms with Crippen LogP contribution in [-0.2, 0) is 19.6 Å². The fourth-order valence-corrected chi connectivity index (χ4v) is 9.46. The quantitative estimate of drug-likeness (QED) is 0.135. The molecular formula is C52H54N14O4. The molecule has 8 aromatic rings. The van der Waals surface area contributed by atoms with E-state index in [4.69, 9.17) is 9.97 Å². The molecule has 10 rings (SSSR count). The van der Waals surface area contributed by atoms with E-state index in [0.717, 1.165) is 87.5 Å². The molecule has 2 aliphatic rings. The van der Waals surface area contributed by atoms with Gasteiger partial charge in [-0.3, -0.25) is 37.8 Å². The van der Waals surface area contributed by atoms with Gasteiger partial charge in [0.15, 0.2) is 22.3 Å². The van der Waals surface area contributed by atoms with Crippen LogP contribution >= 0.6 is 0 Å². The van der Waals surface area contributed by atoms with E-state index in [1.165, 1.54) is 4.57 Å². The Bertz CT molecular complexity index is 3450. The summed E-state index contributed by atoms with van der Waals surface area (Å²) in [5.74, 6) is 1.28. The van der Waals surface area contributed by atoms with Gasteiger partial charge in [-0.15, -0.1) is 0 Å². The number of piperazine rings is 1. The first-order chi connectivity index (χ1) is 34.3. The molecule has 1 atom stereocenters. The summed E-state index contributed by atoms with van der Waals surface area (Å²) in [6, 6.07) is 38.4. The van der Waals surface area contributed by atoms with Gasteiger partial charge >= 0.3 is 11.4 Å². The van der Waals surface area contributed by atoms with Gasteiger partial charge in [-0.1, -0.05) is 110 Å². The summed E-state index contributed by atoms with van der Waals surface area (Å²) < 4.78 is 6.85. The van der Waals surface area contributed by atoms with Gasteiger partial charge in [0.25, 0.3) is 11.1 Å². The number of nitriles is 2. The molecule has 18 heteroatoms. The van der Waals surface area contributed by atoms with Gasteiger partial charge in [-0.2, -0.15) is 20.5 Å². The highest BCUT2D eigenvalue weighted by Crippen LogP contribution is 2.34. The molecule has 356 valence electrons. The zero-order valence-corrected chi connectivity index (χ0v) is 39.0. The minimum atomic E-state index is -0.495. The van der Waals surface area contributed by atoms with Gasteiger partial charge in [0.1, 0.15) is 0 Å². The molecule has 0 aliphatic carbocycles. The third-order valence-electron chi connectivity index (χ3n) is 12.8. The normalized spacial score (nSPS) is 14.4. The number of aromatic nitrogens is 8. The SMILES string of the molecule is CCCC(c1ccccc1C#N)n1c(N2CCCNCC2)nc2c1c(=O)[nH]c(=O)n2Cc1ccccc1.N#Cc1ccccc1Cn1c(N2CCNCC2)nc2c1c(=O)[nH]c(=O)n2Cc1ccccc1. The predicted octanol–water partition coefficient (Wildman–Crippen LogP) is 4.26. The molecule has 0 radical (unpaired) electrons. The summed E-state index contributed by atoms with van der Waals surface area (Å²) in [6.07, 6.45) is 2.48. The number of nitrogens with one attached hydrogen (secondary N) is 4. The molecule has 0 amide bonds. The molecule has 2 aliphatic heterocycles. The number of hydrogen-bond acceptors (Lipinski definition) is 12. The van der Waals surface area contributed by atoms with Crippen molar-refractivity contribution in [2.45, 2.75) is 51.9 Å². The molecular weight excluding hydrogens is 885 g/mol. The Balaban J connectivity index is 0.000000175. The Morgan fingerprint density at radius 3 is 1.70 bits per heavy atom. The maximum Gasteiger partial charge on any atom is 0.330 e. The minimum absolute atomic E-state index is 0.290. The fraction of sp³-hybridized carbons (Fsp3) is 0.308. The summed E-state index contributed by atoms with van der Waals surface area (Å²) in [4.78, 5) is 71.5. The van der Waals surface area contributed by atoms with Crippen LogP contribution < -0.4 is 42.9 Å². The van der Waals surface area contributed by atoms with Gasteiger partial charge in [0.05, 0.1) is 48.9 Å². The number of H-pyrrole nitrogens is 2. The van der Waals surface area contributed by atoms with Crippen molar-refractivity contribution in [2.24, 2.45) is 0 Å². The second kappa shape index (κ2) is 21.3. The lowest BCUT2D eigenvalue weighted by Crippen LogP contribution is -2.44. The predicted molar refractivity (Wildman–Crippen MR) is 270 cm³/mol. The summed E-state index contributed by atoms with van der Waals surface area (Å²) in [5.41, 5.74) is 4.07. The van der Waals surface area contributed by atoms with Crippen LogP contribution in [0.2, 0.25) is 0 Å². The molecule has 2 saturated heterocycles. The number of nitrogens with zero attached hydrogens (tertiary/aromatic N) is 10. The molecule has 4 aromatic heterocycles. The maximum absolute atomic E-state index is 13.5. The van der Waals surface area contributed by atoms with E-state index >= 15 is 0 Å². The van der Waals surface area contributed by atoms with Crippen LogP contribution in [0.1, 0.15) is 65.6 Å². The van der Waals surface area contributed by atoms with Crippen molar-refractivity contribution in [3.8, 4) is 12.1 Å². The Hall–Kier alpha value is -8.32. The summed E-state index contributed by atoms with van der Waals surface area (Å²) in [5, 5.41) is 26.2. The first-order valence-electron chi connectivity index (χ1n) is 23.7. The molecule has 1 unspecified atom stereocenters. The first kappa shape index (κ1) is 46.8. The average molecular weight is 939 g/mol. The zero-order valence-electron chi connectivity index (χ0n) is 39.0. The lowest BCUT2D eigenvalue weighted by Gasteiger charge is -2.28. The summed E-state index contributed by atoms with van der Waals surface area (Å²) in [7, 11) is 0. The van der Waals surface area contributed by atoms with Crippen LogP contribution in [0.15, 0.2) is 128 Å². The van der Waals surface area contributed by atoms with Crippen LogP contribution in [0.5, 0.6) is 0 Å². The third kappa shape index (κ3) is 9.68. The van der Waals surface area contributed by atoms with Crippen molar-refractivity contribution in [1.82, 2.24) is 48.8 Å². The van der Waals surface area contributed by atoms with Crippen molar-refractivity contribution in [2.75, 3.05) is 62.2 Å². The highest BCUT2D eigenvalue weighted by Gasteiger charge is 2.30. The topological polar surface area (TPSA) is 223 Å². The second-order valence-corrected chi connectivity index (χ2v) is 17.4. The fourth-order valence-electron chi connectivity index (χ4n) is 9.46. The number of hydrogen-bond donors (Lipinski definition) is 4. The van der Waals surface area contributed by atoms with Crippen LogP contribution in [0.3, 0.4) is 0 Å². The molecule has 0 spiro atoms. The molecule has 18 nitrogen and oxygen atoms in total. The van der Waals surface area contributed by atoms with E-state index < -0.39 is 22.5 Å². The largest absolute Gasteiger partial charge is 0.341 e. The summed E-state index contributed by atoms with van der Waals surface area (Å²) in [6.45, 7) is 9.22. The van der Waals surface area contributed by atoms with E-state index in [9.17, 15) is 29.7 Å². The van der Waals surface area contributed by atoms with Crippen molar-refractivity contribution in [3.63, 3.8) is 0 Å². The standard InChI is InChI=1S/C28H31N7O2.C24H23N7O2/c1-2-9-23(22-13-7-6-12-21(22)18-29)35-24-25(31-27(35)33-16-8-14-30-15-17-33)34(28(37)32-26(24)36)19-20-10-4-3-5-11-20;25-14-18-8-4-5-9-19(18)16-30-20-21(27-23(30)29-12-10-26-11-13-29)31(24(33)28-22(20)32)15-17-6-2-1-3-7-17/h3-7,10-13,23,30H,2,8-9,14-17,19H2,1H3,(H,32,36,37);1-9,26H,10-13,15-16H2,(H,28,32,33). The second-order valence-electron chi connectivity index (χ2n) is 17.4. The lowest BCUT2D eigenvalue weighted by molar-refractivity contribution is 0.536. The molecule has 4 aromatic carbocycles. The Kier molecular flexibility index (Phi) is 14.2. The smallest absolute Gasteiger partial charge is 0.330 e. The number of fused-ring (bicyclic) bond motifs is 2. The maximum atomic E-state index is 13.5. The number of aromatic amines is 2. The van der Waals surface area contributed by atoms with Crippen LogP contribution in [0, 0.1) is 22.7 Å². The van der Waals surface area contributed by atoms with Gasteiger partial charge in [0, 0.05) is 45.8 Å². The minimum Gasteiger partial charge on any atom is -0.341 e.